The number of phenols is 1. The van der Waals surface area contributed by atoms with Gasteiger partial charge in [-0.05, 0) is 62.1 Å². The van der Waals surface area contributed by atoms with Crippen molar-refractivity contribution < 1.29 is 5.11 Å². The Kier molecular flexibility index (Phi) is 6.17. The molecule has 0 bridgehead atoms. The second-order valence-electron chi connectivity index (χ2n) is 7.14. The van der Waals surface area contributed by atoms with Crippen LogP contribution in [0.2, 0.25) is 0 Å². The Bertz CT molecular complexity index is 602. The average molecular weight is 323 g/mol. The lowest BCUT2D eigenvalue weighted by Gasteiger charge is -2.30. The molecule has 2 aromatic rings. The van der Waals surface area contributed by atoms with E-state index in [9.17, 15) is 5.11 Å². The van der Waals surface area contributed by atoms with Gasteiger partial charge in [0.25, 0.3) is 0 Å². The van der Waals surface area contributed by atoms with Crippen LogP contribution in [-0.4, -0.2) is 11.1 Å². The van der Waals surface area contributed by atoms with E-state index >= 15 is 0 Å². The molecule has 0 spiro atoms. The van der Waals surface area contributed by atoms with Gasteiger partial charge in [-0.1, -0.05) is 49.2 Å². The molecule has 0 atom stereocenters. The molecule has 0 aliphatic heterocycles. The summed E-state index contributed by atoms with van der Waals surface area (Å²) < 4.78 is 0. The summed E-state index contributed by atoms with van der Waals surface area (Å²) in [6.45, 7) is 0. The summed E-state index contributed by atoms with van der Waals surface area (Å²) in [5.41, 5.74) is 2.51. The van der Waals surface area contributed by atoms with Crippen LogP contribution in [0.1, 0.15) is 50.5 Å². The fourth-order valence-electron chi connectivity index (χ4n) is 3.83. The first-order chi connectivity index (χ1) is 11.8. The number of benzene rings is 2. The highest BCUT2D eigenvalue weighted by atomic mass is 16.3. The molecule has 0 heterocycles. The van der Waals surface area contributed by atoms with Gasteiger partial charge >= 0.3 is 0 Å². The maximum atomic E-state index is 9.55. The van der Waals surface area contributed by atoms with Gasteiger partial charge in [-0.2, -0.15) is 0 Å². The van der Waals surface area contributed by atoms with Crippen molar-refractivity contribution in [2.45, 2.75) is 57.4 Å². The normalized spacial score (nSPS) is 20.7. The van der Waals surface area contributed by atoms with Crippen LogP contribution in [-0.2, 0) is 6.42 Å². The van der Waals surface area contributed by atoms with Gasteiger partial charge < -0.3 is 10.4 Å². The summed E-state index contributed by atoms with van der Waals surface area (Å²) in [7, 11) is 0. The molecule has 1 aliphatic rings. The third kappa shape index (κ3) is 5.30. The SMILES string of the molecule is Oc1cccc(NC2CCC(CCCCc3ccccc3)CC2)c1. The fourth-order valence-corrected chi connectivity index (χ4v) is 3.83. The van der Waals surface area contributed by atoms with Crippen molar-refractivity contribution >= 4 is 5.69 Å². The largest absolute Gasteiger partial charge is 0.508 e. The van der Waals surface area contributed by atoms with E-state index in [-0.39, 0.29) is 0 Å². The van der Waals surface area contributed by atoms with Crippen LogP contribution in [0.15, 0.2) is 54.6 Å². The Morgan fingerprint density at radius 1 is 0.875 bits per heavy atom. The summed E-state index contributed by atoms with van der Waals surface area (Å²) in [6, 6.07) is 18.9. The first kappa shape index (κ1) is 16.9. The minimum atomic E-state index is 0.340. The van der Waals surface area contributed by atoms with Crippen molar-refractivity contribution in [3.05, 3.63) is 60.2 Å². The smallest absolute Gasteiger partial charge is 0.117 e. The van der Waals surface area contributed by atoms with Gasteiger partial charge in [0.05, 0.1) is 0 Å². The predicted molar refractivity (Wildman–Crippen MR) is 101 cm³/mol. The zero-order chi connectivity index (χ0) is 16.6. The number of aryl methyl sites for hydroxylation is 1. The Morgan fingerprint density at radius 3 is 2.42 bits per heavy atom. The van der Waals surface area contributed by atoms with Crippen molar-refractivity contribution in [1.82, 2.24) is 0 Å². The van der Waals surface area contributed by atoms with Gasteiger partial charge in [0.15, 0.2) is 0 Å². The molecule has 2 heteroatoms. The number of nitrogens with one attached hydrogen (secondary N) is 1. The molecule has 0 saturated heterocycles. The van der Waals surface area contributed by atoms with E-state index in [0.717, 1.165) is 11.6 Å². The number of hydrogen-bond acceptors (Lipinski definition) is 2. The standard InChI is InChI=1S/C22H29NO/c24-22-12-6-11-21(17-22)23-20-15-13-19(14-16-20)10-5-4-9-18-7-2-1-3-8-18/h1-3,6-8,11-12,17,19-20,23-24H,4-5,9-10,13-16H2. The van der Waals surface area contributed by atoms with E-state index in [1.54, 1.807) is 6.07 Å². The monoisotopic (exact) mass is 323 g/mol. The minimum absolute atomic E-state index is 0.340. The van der Waals surface area contributed by atoms with E-state index in [1.807, 2.05) is 18.2 Å². The van der Waals surface area contributed by atoms with Crippen LogP contribution in [0, 0.1) is 5.92 Å². The molecule has 2 aromatic carbocycles. The molecule has 2 nitrogen and oxygen atoms in total. The zero-order valence-electron chi connectivity index (χ0n) is 14.5. The highest BCUT2D eigenvalue weighted by molar-refractivity contribution is 5.48. The van der Waals surface area contributed by atoms with Gasteiger partial charge in [0, 0.05) is 17.8 Å². The molecule has 24 heavy (non-hydrogen) atoms. The molecule has 2 N–H and O–H groups in total. The Morgan fingerprint density at radius 2 is 1.67 bits per heavy atom. The van der Waals surface area contributed by atoms with Gasteiger partial charge in [-0.25, -0.2) is 0 Å². The summed E-state index contributed by atoms with van der Waals surface area (Å²) in [5.74, 6) is 1.25. The number of phenolic OH excluding ortho intramolecular Hbond substituents is 1. The van der Waals surface area contributed by atoms with Gasteiger partial charge in [0.2, 0.25) is 0 Å². The Balaban J connectivity index is 1.32. The van der Waals surface area contributed by atoms with E-state index < -0.39 is 0 Å². The molecular formula is C22H29NO. The first-order valence-electron chi connectivity index (χ1n) is 9.39. The predicted octanol–water partition coefficient (Wildman–Crippen LogP) is 5.78. The lowest BCUT2D eigenvalue weighted by molar-refractivity contribution is 0.313. The quantitative estimate of drug-likeness (QED) is 0.633. The maximum Gasteiger partial charge on any atom is 0.117 e. The highest BCUT2D eigenvalue weighted by Crippen LogP contribution is 2.30. The second kappa shape index (κ2) is 8.77. The Labute approximate surface area is 145 Å². The molecule has 128 valence electrons. The number of anilines is 1. The summed E-state index contributed by atoms with van der Waals surface area (Å²) in [4.78, 5) is 0. The lowest BCUT2D eigenvalue weighted by Crippen LogP contribution is -2.26. The van der Waals surface area contributed by atoms with Crippen molar-refractivity contribution in [3.8, 4) is 5.75 Å². The molecular weight excluding hydrogens is 294 g/mol. The van der Waals surface area contributed by atoms with E-state index in [4.69, 9.17) is 0 Å². The third-order valence-corrected chi connectivity index (χ3v) is 5.23. The summed E-state index contributed by atoms with van der Waals surface area (Å²) in [6.07, 6.45) is 10.4. The van der Waals surface area contributed by atoms with Crippen LogP contribution in [0.4, 0.5) is 5.69 Å². The van der Waals surface area contributed by atoms with Crippen molar-refractivity contribution in [2.75, 3.05) is 5.32 Å². The molecule has 1 saturated carbocycles. The molecule has 1 fully saturated rings. The Hall–Kier alpha value is -1.96. The molecule has 0 aromatic heterocycles. The maximum absolute atomic E-state index is 9.55. The number of aromatic hydroxyl groups is 1. The third-order valence-electron chi connectivity index (χ3n) is 5.23. The van der Waals surface area contributed by atoms with Crippen LogP contribution in [0.25, 0.3) is 0 Å². The highest BCUT2D eigenvalue weighted by Gasteiger charge is 2.20. The van der Waals surface area contributed by atoms with Crippen LogP contribution >= 0.6 is 0 Å². The van der Waals surface area contributed by atoms with Gasteiger partial charge in [0.1, 0.15) is 5.75 Å². The van der Waals surface area contributed by atoms with Crippen LogP contribution < -0.4 is 5.32 Å². The van der Waals surface area contributed by atoms with E-state index in [0.29, 0.717) is 11.8 Å². The summed E-state index contributed by atoms with van der Waals surface area (Å²) in [5, 5.41) is 13.1. The van der Waals surface area contributed by atoms with Crippen LogP contribution in [0.5, 0.6) is 5.75 Å². The zero-order valence-corrected chi connectivity index (χ0v) is 14.5. The van der Waals surface area contributed by atoms with Crippen molar-refractivity contribution in [1.29, 1.82) is 0 Å². The van der Waals surface area contributed by atoms with Gasteiger partial charge in [-0.3, -0.25) is 0 Å². The number of hydrogen-bond donors (Lipinski definition) is 2. The average Bonchev–Trinajstić information content (AvgIpc) is 2.61. The van der Waals surface area contributed by atoms with E-state index in [2.05, 4.69) is 35.6 Å². The molecule has 3 rings (SSSR count). The van der Waals surface area contributed by atoms with Crippen LogP contribution in [0.3, 0.4) is 0 Å². The summed E-state index contributed by atoms with van der Waals surface area (Å²) >= 11 is 0. The topological polar surface area (TPSA) is 32.3 Å². The molecule has 1 aliphatic carbocycles. The first-order valence-corrected chi connectivity index (χ1v) is 9.39. The van der Waals surface area contributed by atoms with Gasteiger partial charge in [-0.15, -0.1) is 0 Å². The molecule has 0 radical (unpaired) electrons. The fraction of sp³-hybridized carbons (Fsp3) is 0.455. The second-order valence-corrected chi connectivity index (χ2v) is 7.14. The van der Waals surface area contributed by atoms with E-state index in [1.165, 1.54) is 56.9 Å². The molecule has 0 unspecified atom stereocenters. The number of rotatable bonds is 7. The number of unbranched alkanes of at least 4 members (excludes halogenated alkanes) is 1. The van der Waals surface area contributed by atoms with Crippen molar-refractivity contribution in [3.63, 3.8) is 0 Å². The minimum Gasteiger partial charge on any atom is -0.508 e. The van der Waals surface area contributed by atoms with Crippen molar-refractivity contribution in [2.24, 2.45) is 5.92 Å². The lowest BCUT2D eigenvalue weighted by atomic mass is 9.83. The molecule has 0 amide bonds.